The summed E-state index contributed by atoms with van der Waals surface area (Å²) in [7, 11) is 1.59. The van der Waals surface area contributed by atoms with E-state index in [1.807, 2.05) is 30.3 Å². The average molecular weight is 375 g/mol. The summed E-state index contributed by atoms with van der Waals surface area (Å²) in [6, 6.07) is 14.6. The summed E-state index contributed by atoms with van der Waals surface area (Å²) in [6.07, 6.45) is 4.91. The monoisotopic (exact) mass is 375 g/mol. The Kier molecular flexibility index (Phi) is 4.76. The maximum absolute atomic E-state index is 13.7. The van der Waals surface area contributed by atoms with Gasteiger partial charge in [-0.25, -0.2) is 4.39 Å². The topological polar surface area (TPSA) is 67.0 Å². The van der Waals surface area contributed by atoms with Gasteiger partial charge in [0, 0.05) is 52.4 Å². The molecule has 6 heteroatoms. The molecule has 1 unspecified atom stereocenters. The third kappa shape index (κ3) is 3.44. The molecule has 0 bridgehead atoms. The Hall–Kier alpha value is -3.67. The van der Waals surface area contributed by atoms with Crippen molar-refractivity contribution < 1.29 is 13.9 Å². The van der Waals surface area contributed by atoms with Gasteiger partial charge in [0.25, 0.3) is 0 Å². The van der Waals surface area contributed by atoms with Crippen molar-refractivity contribution in [3.63, 3.8) is 0 Å². The first-order valence-electron chi connectivity index (χ1n) is 8.77. The minimum atomic E-state index is -0.692. The van der Waals surface area contributed by atoms with Crippen LogP contribution in [0.3, 0.4) is 0 Å². The number of hydrogen-bond acceptors (Lipinski definition) is 4. The molecule has 5 nitrogen and oxygen atoms in total. The Bertz CT molecular complexity index is 1130. The van der Waals surface area contributed by atoms with E-state index in [4.69, 9.17) is 4.74 Å². The second kappa shape index (κ2) is 7.52. The van der Waals surface area contributed by atoms with Crippen LogP contribution in [0.1, 0.15) is 22.0 Å². The number of carbonyl (C=O) groups is 1. The predicted molar refractivity (Wildman–Crippen MR) is 106 cm³/mol. The highest BCUT2D eigenvalue weighted by Gasteiger charge is 2.25. The van der Waals surface area contributed by atoms with Crippen LogP contribution in [-0.4, -0.2) is 22.9 Å². The highest BCUT2D eigenvalue weighted by atomic mass is 19.1. The number of H-pyrrole nitrogens is 1. The normalized spacial score (nSPS) is 11.9. The number of aromatic amines is 1. The van der Waals surface area contributed by atoms with Gasteiger partial charge in [-0.15, -0.1) is 0 Å². The molecule has 2 N–H and O–H groups in total. The number of anilines is 1. The summed E-state index contributed by atoms with van der Waals surface area (Å²) in [5.74, 6) is 0.101. The largest absolute Gasteiger partial charge is 0.497 e. The highest BCUT2D eigenvalue weighted by molar-refractivity contribution is 6.11. The van der Waals surface area contributed by atoms with E-state index in [9.17, 15) is 9.18 Å². The number of ether oxygens (including phenoxy) is 1. The van der Waals surface area contributed by atoms with Gasteiger partial charge in [-0.05, 0) is 36.4 Å². The molecule has 0 saturated heterocycles. The van der Waals surface area contributed by atoms with Crippen LogP contribution in [0.15, 0.2) is 73.2 Å². The number of hydrogen-bond donors (Lipinski definition) is 2. The third-order valence-corrected chi connectivity index (χ3v) is 4.57. The molecule has 0 radical (unpaired) electrons. The fraction of sp³-hybridized carbons (Fsp3) is 0.0909. The van der Waals surface area contributed by atoms with Gasteiger partial charge in [0.05, 0.1) is 7.11 Å². The zero-order valence-electron chi connectivity index (χ0n) is 15.1. The smallest absolute Gasteiger partial charge is 0.191 e. The summed E-state index contributed by atoms with van der Waals surface area (Å²) in [5, 5.41) is 3.81. The summed E-state index contributed by atoms with van der Waals surface area (Å²) in [5.41, 5.74) is 2.56. The molecule has 28 heavy (non-hydrogen) atoms. The Morgan fingerprint density at radius 3 is 2.86 bits per heavy atom. The van der Waals surface area contributed by atoms with Crippen molar-refractivity contribution >= 4 is 22.4 Å². The molecule has 4 aromatic rings. The summed E-state index contributed by atoms with van der Waals surface area (Å²) in [6.45, 7) is 0. The van der Waals surface area contributed by atoms with Gasteiger partial charge in [0.15, 0.2) is 5.78 Å². The lowest BCUT2D eigenvalue weighted by atomic mass is 9.97. The van der Waals surface area contributed by atoms with Crippen LogP contribution in [0.25, 0.3) is 10.9 Å². The molecule has 0 spiro atoms. The predicted octanol–water partition coefficient (Wildman–Crippen LogP) is 4.75. The number of rotatable bonds is 6. The molecule has 4 rings (SSSR count). The van der Waals surface area contributed by atoms with Gasteiger partial charge in [-0.2, -0.15) is 0 Å². The van der Waals surface area contributed by atoms with Crippen LogP contribution in [0.4, 0.5) is 10.1 Å². The summed E-state index contributed by atoms with van der Waals surface area (Å²) >= 11 is 0. The molecule has 0 fully saturated rings. The minimum Gasteiger partial charge on any atom is -0.497 e. The van der Waals surface area contributed by atoms with Crippen molar-refractivity contribution in [2.45, 2.75) is 6.04 Å². The quantitative estimate of drug-likeness (QED) is 0.478. The molecule has 0 aliphatic carbocycles. The van der Waals surface area contributed by atoms with Crippen LogP contribution >= 0.6 is 0 Å². The maximum atomic E-state index is 13.7. The number of fused-ring (bicyclic) bond motifs is 1. The number of Topliss-reactive ketones (excluding diaryl/α,β-unsaturated/α-hetero) is 1. The van der Waals surface area contributed by atoms with Gasteiger partial charge < -0.3 is 15.0 Å². The lowest BCUT2D eigenvalue weighted by Gasteiger charge is -2.19. The van der Waals surface area contributed by atoms with E-state index < -0.39 is 6.04 Å². The number of pyridine rings is 1. The SMILES string of the molecule is COc1cccc(NC(C(=O)c2c[nH]c3ccc(F)cc23)c2cccnc2)c1. The Balaban J connectivity index is 1.76. The second-order valence-corrected chi connectivity index (χ2v) is 6.35. The van der Waals surface area contributed by atoms with Crippen molar-refractivity contribution in [2.75, 3.05) is 12.4 Å². The Labute approximate surface area is 161 Å². The van der Waals surface area contributed by atoms with Crippen molar-refractivity contribution in [3.8, 4) is 5.75 Å². The molecule has 0 aliphatic heterocycles. The molecular formula is C22H18FN3O2. The number of nitrogens with one attached hydrogen (secondary N) is 2. The zero-order valence-corrected chi connectivity index (χ0v) is 15.1. The first kappa shape index (κ1) is 17.7. The number of nitrogens with zero attached hydrogens (tertiary/aromatic N) is 1. The molecule has 2 heterocycles. The lowest BCUT2D eigenvalue weighted by Crippen LogP contribution is -2.21. The van der Waals surface area contributed by atoms with E-state index in [1.165, 1.54) is 12.1 Å². The van der Waals surface area contributed by atoms with E-state index in [2.05, 4.69) is 15.3 Å². The molecule has 0 aliphatic rings. The summed E-state index contributed by atoms with van der Waals surface area (Å²) in [4.78, 5) is 20.6. The number of benzene rings is 2. The lowest BCUT2D eigenvalue weighted by molar-refractivity contribution is 0.0971. The van der Waals surface area contributed by atoms with Crippen LogP contribution in [-0.2, 0) is 0 Å². The van der Waals surface area contributed by atoms with E-state index in [1.54, 1.807) is 37.8 Å². The van der Waals surface area contributed by atoms with E-state index in [0.717, 1.165) is 5.69 Å². The van der Waals surface area contributed by atoms with Crippen molar-refractivity contribution in [3.05, 3.63) is 90.1 Å². The minimum absolute atomic E-state index is 0.187. The number of methoxy groups -OCH3 is 1. The second-order valence-electron chi connectivity index (χ2n) is 6.35. The highest BCUT2D eigenvalue weighted by Crippen LogP contribution is 2.29. The molecule has 1 atom stereocenters. The maximum Gasteiger partial charge on any atom is 0.191 e. The average Bonchev–Trinajstić information content (AvgIpc) is 3.15. The molecule has 2 aromatic heterocycles. The van der Waals surface area contributed by atoms with Gasteiger partial charge in [0.1, 0.15) is 17.6 Å². The zero-order chi connectivity index (χ0) is 19.5. The standard InChI is InChI=1S/C22H18FN3O2/c1-28-17-6-2-5-16(11-17)26-21(14-4-3-9-24-12-14)22(27)19-13-25-20-8-7-15(23)10-18(19)20/h2-13,21,25-26H,1H3. The van der Waals surface area contributed by atoms with Gasteiger partial charge >= 0.3 is 0 Å². The molecular weight excluding hydrogens is 357 g/mol. The molecule has 140 valence electrons. The Morgan fingerprint density at radius 2 is 2.07 bits per heavy atom. The number of ketones is 1. The van der Waals surface area contributed by atoms with Crippen LogP contribution < -0.4 is 10.1 Å². The molecule has 0 saturated carbocycles. The number of carbonyl (C=O) groups excluding carboxylic acids is 1. The summed E-state index contributed by atoms with van der Waals surface area (Å²) < 4.78 is 19.0. The van der Waals surface area contributed by atoms with E-state index in [-0.39, 0.29) is 11.6 Å². The van der Waals surface area contributed by atoms with Crippen molar-refractivity contribution in [2.24, 2.45) is 0 Å². The van der Waals surface area contributed by atoms with Gasteiger partial charge in [-0.1, -0.05) is 12.1 Å². The first-order chi connectivity index (χ1) is 13.7. The van der Waals surface area contributed by atoms with Crippen molar-refractivity contribution in [1.82, 2.24) is 9.97 Å². The fourth-order valence-electron chi connectivity index (χ4n) is 3.18. The number of halogens is 1. The Morgan fingerprint density at radius 1 is 1.18 bits per heavy atom. The van der Waals surface area contributed by atoms with E-state index >= 15 is 0 Å². The first-order valence-corrected chi connectivity index (χ1v) is 8.77. The van der Waals surface area contributed by atoms with Gasteiger partial charge in [-0.3, -0.25) is 9.78 Å². The third-order valence-electron chi connectivity index (χ3n) is 4.57. The van der Waals surface area contributed by atoms with Gasteiger partial charge in [0.2, 0.25) is 0 Å². The van der Waals surface area contributed by atoms with Crippen molar-refractivity contribution in [1.29, 1.82) is 0 Å². The molecule has 2 aromatic carbocycles. The molecule has 0 amide bonds. The number of aromatic nitrogens is 2. The van der Waals surface area contributed by atoms with Crippen LogP contribution in [0, 0.1) is 5.82 Å². The van der Waals surface area contributed by atoms with Crippen LogP contribution in [0.5, 0.6) is 5.75 Å². The fourth-order valence-corrected chi connectivity index (χ4v) is 3.18. The van der Waals surface area contributed by atoms with E-state index in [0.29, 0.717) is 27.8 Å². The van der Waals surface area contributed by atoms with Crippen LogP contribution in [0.2, 0.25) is 0 Å².